The number of halogens is 1. The summed E-state index contributed by atoms with van der Waals surface area (Å²) in [5.74, 6) is -0.855. The molecule has 0 spiro atoms. The van der Waals surface area contributed by atoms with E-state index < -0.39 is 5.97 Å². The molecule has 7 heteroatoms. The summed E-state index contributed by atoms with van der Waals surface area (Å²) in [6, 6.07) is 5.72. The Hall–Kier alpha value is -1.24. The fraction of sp³-hybridized carbons (Fsp3) is 0.529. The van der Waals surface area contributed by atoms with Crippen molar-refractivity contribution in [1.29, 1.82) is 0 Å². The quantitative estimate of drug-likeness (QED) is 0.780. The predicted molar refractivity (Wildman–Crippen MR) is 97.0 cm³/mol. The zero-order chi connectivity index (χ0) is 17.7. The molecule has 1 aliphatic heterocycles. The number of benzene rings is 1. The molecule has 0 atom stereocenters. The molecule has 1 fully saturated rings. The molecule has 0 aliphatic carbocycles. The van der Waals surface area contributed by atoms with Crippen LogP contribution in [-0.4, -0.2) is 65.3 Å². The van der Waals surface area contributed by atoms with Crippen LogP contribution in [0.3, 0.4) is 0 Å². The van der Waals surface area contributed by atoms with Crippen molar-refractivity contribution in [2.75, 3.05) is 32.4 Å². The number of carboxylic acids is 1. The van der Waals surface area contributed by atoms with Gasteiger partial charge in [-0.3, -0.25) is 14.5 Å². The van der Waals surface area contributed by atoms with E-state index in [1.165, 1.54) is 0 Å². The third-order valence-corrected chi connectivity index (χ3v) is 5.47. The van der Waals surface area contributed by atoms with Gasteiger partial charge in [0.05, 0.1) is 17.1 Å². The molecule has 1 heterocycles. The van der Waals surface area contributed by atoms with Crippen LogP contribution in [0.15, 0.2) is 23.1 Å². The number of carboxylic acid groups (broad SMARTS) is 1. The lowest BCUT2D eigenvalue weighted by Gasteiger charge is -2.37. The Morgan fingerprint density at radius 3 is 2.58 bits per heavy atom. The molecule has 1 aromatic rings. The van der Waals surface area contributed by atoms with Gasteiger partial charge < -0.3 is 10.0 Å². The van der Waals surface area contributed by atoms with Crippen molar-refractivity contribution >= 4 is 35.2 Å². The molecular formula is C17H23ClN2O3S. The van der Waals surface area contributed by atoms with E-state index in [0.717, 1.165) is 17.7 Å². The number of carbonyl (C=O) groups excluding carboxylic acids is 1. The van der Waals surface area contributed by atoms with E-state index in [2.05, 4.69) is 0 Å². The highest BCUT2D eigenvalue weighted by Gasteiger charge is 2.28. The van der Waals surface area contributed by atoms with Crippen LogP contribution in [0.25, 0.3) is 0 Å². The van der Waals surface area contributed by atoms with Gasteiger partial charge in [0.15, 0.2) is 0 Å². The zero-order valence-corrected chi connectivity index (χ0v) is 15.6. The molecule has 2 rings (SSSR count). The molecule has 0 radical (unpaired) electrons. The molecule has 0 bridgehead atoms. The fourth-order valence-corrected chi connectivity index (χ4v) is 3.71. The maximum atomic E-state index is 12.7. The molecule has 1 aliphatic rings. The molecular weight excluding hydrogens is 348 g/mol. The molecule has 0 unspecified atom stereocenters. The highest BCUT2D eigenvalue weighted by atomic mass is 35.5. The van der Waals surface area contributed by atoms with Crippen molar-refractivity contribution in [3.05, 3.63) is 28.8 Å². The van der Waals surface area contributed by atoms with Crippen LogP contribution in [0.1, 0.15) is 30.1 Å². The fourth-order valence-electron chi connectivity index (χ4n) is 3.07. The minimum Gasteiger partial charge on any atom is -0.480 e. The van der Waals surface area contributed by atoms with Crippen LogP contribution in [-0.2, 0) is 4.79 Å². The van der Waals surface area contributed by atoms with Crippen molar-refractivity contribution in [3.63, 3.8) is 0 Å². The summed E-state index contributed by atoms with van der Waals surface area (Å²) < 4.78 is 0. The Bertz CT molecular complexity index is 603. The smallest absolute Gasteiger partial charge is 0.317 e. The van der Waals surface area contributed by atoms with Gasteiger partial charge in [-0.05, 0) is 43.8 Å². The van der Waals surface area contributed by atoms with Crippen LogP contribution < -0.4 is 0 Å². The summed E-state index contributed by atoms with van der Waals surface area (Å²) in [6.07, 6.45) is 3.53. The standard InChI is InChI=1S/C17H23ClN2O3S/c1-3-19(11-16(21)22)12-6-8-20(9-7-12)17(23)14-10-13(24-2)4-5-15(14)18/h4-5,10,12H,3,6-9,11H2,1-2H3,(H,21,22). The summed E-state index contributed by atoms with van der Waals surface area (Å²) in [5.41, 5.74) is 0.542. The molecule has 0 saturated carbocycles. The molecule has 24 heavy (non-hydrogen) atoms. The van der Waals surface area contributed by atoms with Crippen LogP contribution in [0.2, 0.25) is 5.02 Å². The number of likely N-dealkylation sites (tertiary alicyclic amines) is 1. The van der Waals surface area contributed by atoms with E-state index in [-0.39, 0.29) is 18.5 Å². The zero-order valence-electron chi connectivity index (χ0n) is 14.0. The lowest BCUT2D eigenvalue weighted by atomic mass is 10.0. The Labute approximate surface area is 152 Å². The minimum absolute atomic E-state index is 0.0457. The van der Waals surface area contributed by atoms with Gasteiger partial charge in [0.2, 0.25) is 0 Å². The van der Waals surface area contributed by atoms with Crippen molar-refractivity contribution in [3.8, 4) is 0 Å². The Balaban J connectivity index is 2.01. The number of carbonyl (C=O) groups is 2. The maximum absolute atomic E-state index is 12.7. The average molecular weight is 371 g/mol. The van der Waals surface area contributed by atoms with Crippen LogP contribution in [0.5, 0.6) is 0 Å². The van der Waals surface area contributed by atoms with Crippen LogP contribution >= 0.6 is 23.4 Å². The number of hydrogen-bond acceptors (Lipinski definition) is 4. The van der Waals surface area contributed by atoms with E-state index >= 15 is 0 Å². The molecule has 1 amide bonds. The highest BCUT2D eigenvalue weighted by Crippen LogP contribution is 2.26. The topological polar surface area (TPSA) is 60.9 Å². The average Bonchev–Trinajstić information content (AvgIpc) is 2.59. The first-order chi connectivity index (χ1) is 11.5. The number of amides is 1. The largest absolute Gasteiger partial charge is 0.480 e. The van der Waals surface area contributed by atoms with Crippen LogP contribution in [0.4, 0.5) is 0 Å². The van der Waals surface area contributed by atoms with Crippen molar-refractivity contribution in [2.24, 2.45) is 0 Å². The third-order valence-electron chi connectivity index (χ3n) is 4.42. The van der Waals surface area contributed by atoms with Crippen LogP contribution in [0, 0.1) is 0 Å². The SMILES string of the molecule is CCN(CC(=O)O)C1CCN(C(=O)c2cc(SC)ccc2Cl)CC1. The number of nitrogens with zero attached hydrogens (tertiary/aromatic N) is 2. The summed E-state index contributed by atoms with van der Waals surface area (Å²) in [7, 11) is 0. The Morgan fingerprint density at radius 1 is 1.38 bits per heavy atom. The number of hydrogen-bond donors (Lipinski definition) is 1. The first kappa shape index (κ1) is 19.1. The van der Waals surface area contributed by atoms with Crippen molar-refractivity contribution in [2.45, 2.75) is 30.7 Å². The first-order valence-corrected chi connectivity index (χ1v) is 9.65. The lowest BCUT2D eigenvalue weighted by molar-refractivity contribution is -0.139. The molecule has 0 aromatic heterocycles. The monoisotopic (exact) mass is 370 g/mol. The second-order valence-electron chi connectivity index (χ2n) is 5.83. The lowest BCUT2D eigenvalue weighted by Crippen LogP contribution is -2.48. The second kappa shape index (κ2) is 8.74. The molecule has 1 aromatic carbocycles. The van der Waals surface area contributed by atoms with Gasteiger partial charge in [-0.25, -0.2) is 0 Å². The molecule has 132 valence electrons. The van der Waals surface area contributed by atoms with E-state index in [1.54, 1.807) is 17.8 Å². The summed E-state index contributed by atoms with van der Waals surface area (Å²) >= 11 is 7.77. The predicted octanol–water partition coefficient (Wildman–Crippen LogP) is 3.07. The normalized spacial score (nSPS) is 15.8. The summed E-state index contributed by atoms with van der Waals surface area (Å²) in [5, 5.41) is 9.46. The van der Waals surface area contributed by atoms with E-state index in [4.69, 9.17) is 16.7 Å². The van der Waals surface area contributed by atoms with Crippen molar-refractivity contribution < 1.29 is 14.7 Å². The molecule has 1 N–H and O–H groups in total. The minimum atomic E-state index is -0.809. The number of rotatable bonds is 6. The summed E-state index contributed by atoms with van der Waals surface area (Å²) in [4.78, 5) is 28.5. The van der Waals surface area contributed by atoms with Gasteiger partial charge in [-0.15, -0.1) is 11.8 Å². The van der Waals surface area contributed by atoms with E-state index in [0.29, 0.717) is 30.2 Å². The van der Waals surface area contributed by atoms with Gasteiger partial charge in [0, 0.05) is 24.0 Å². The van der Waals surface area contributed by atoms with E-state index in [9.17, 15) is 9.59 Å². The summed E-state index contributed by atoms with van der Waals surface area (Å²) in [6.45, 7) is 3.97. The Kier molecular flexibility index (Phi) is 6.95. The highest BCUT2D eigenvalue weighted by molar-refractivity contribution is 7.98. The Morgan fingerprint density at radius 2 is 2.04 bits per heavy atom. The van der Waals surface area contributed by atoms with Crippen molar-refractivity contribution in [1.82, 2.24) is 9.80 Å². The number of piperidine rings is 1. The maximum Gasteiger partial charge on any atom is 0.317 e. The van der Waals surface area contributed by atoms with Gasteiger partial charge in [0.1, 0.15) is 0 Å². The van der Waals surface area contributed by atoms with Gasteiger partial charge in [0.25, 0.3) is 5.91 Å². The third kappa shape index (κ3) is 4.65. The number of aliphatic carboxylic acids is 1. The first-order valence-electron chi connectivity index (χ1n) is 8.05. The second-order valence-corrected chi connectivity index (χ2v) is 7.11. The molecule has 5 nitrogen and oxygen atoms in total. The van der Waals surface area contributed by atoms with E-state index in [1.807, 2.05) is 35.1 Å². The van der Waals surface area contributed by atoms with Gasteiger partial charge in [-0.1, -0.05) is 18.5 Å². The van der Waals surface area contributed by atoms with Gasteiger partial charge >= 0.3 is 5.97 Å². The van der Waals surface area contributed by atoms with Gasteiger partial charge in [-0.2, -0.15) is 0 Å². The number of likely N-dealkylation sites (N-methyl/N-ethyl adjacent to an activating group) is 1. The number of thioether (sulfide) groups is 1. The molecule has 1 saturated heterocycles.